The highest BCUT2D eigenvalue weighted by molar-refractivity contribution is 6.49. The van der Waals surface area contributed by atoms with Crippen LogP contribution in [-0.2, 0) is 17.3 Å². The number of nitrogens with one attached hydrogen (secondary N) is 1. The van der Waals surface area contributed by atoms with Gasteiger partial charge in [-0.05, 0) is 28.7 Å². The fraction of sp³-hybridized carbons (Fsp3) is 0.593. The number of ether oxygens (including phenoxy) is 1. The van der Waals surface area contributed by atoms with Crippen LogP contribution in [0.1, 0.15) is 103 Å². The number of aryl methyl sites for hydroxylation is 1. The normalized spacial score (nSPS) is 11.9. The van der Waals surface area contributed by atoms with E-state index in [2.05, 4.69) is 72.5 Å². The number of ketones is 1. The third kappa shape index (κ3) is 7.94. The molecule has 0 radical (unpaired) electrons. The van der Waals surface area contributed by atoms with Gasteiger partial charge in [0.1, 0.15) is 16.6 Å². The van der Waals surface area contributed by atoms with Crippen LogP contribution in [0.5, 0.6) is 5.75 Å². The molecule has 0 spiro atoms. The van der Waals surface area contributed by atoms with Crippen LogP contribution in [-0.4, -0.2) is 17.4 Å². The summed E-state index contributed by atoms with van der Waals surface area (Å²) in [4.78, 5) is 15.5. The van der Waals surface area contributed by atoms with Crippen LogP contribution in [0.3, 0.4) is 0 Å². The number of rotatable bonds is 7. The monoisotopic (exact) mass is 515 g/mol. The molecule has 0 unspecified atom stereocenters. The first-order valence-electron chi connectivity index (χ1n) is 11.7. The van der Waals surface area contributed by atoms with Gasteiger partial charge in [-0.15, -0.1) is 0 Å². The highest BCUT2D eigenvalue weighted by Crippen LogP contribution is 2.41. The Morgan fingerprint density at radius 1 is 0.939 bits per heavy atom. The van der Waals surface area contributed by atoms with Crippen molar-refractivity contribution < 1.29 is 9.53 Å². The van der Waals surface area contributed by atoms with Gasteiger partial charge in [0.05, 0.1) is 16.7 Å². The van der Waals surface area contributed by atoms with Crippen LogP contribution < -0.4 is 4.74 Å². The third-order valence-electron chi connectivity index (χ3n) is 5.08. The second-order valence-electron chi connectivity index (χ2n) is 10.6. The van der Waals surface area contributed by atoms with E-state index in [1.807, 2.05) is 13.8 Å². The number of carbonyl (C=O) groups is 1. The van der Waals surface area contributed by atoms with E-state index in [4.69, 9.17) is 39.5 Å². The number of benzene rings is 1. The summed E-state index contributed by atoms with van der Waals surface area (Å²) < 4.78 is 6.35. The number of hydrogen-bond acceptors (Lipinski definition) is 2. The smallest absolute Gasteiger partial charge is 0.180 e. The van der Waals surface area contributed by atoms with Crippen LogP contribution in [0.4, 0.5) is 0 Å². The molecule has 1 aromatic carbocycles. The molecule has 0 fully saturated rings. The van der Waals surface area contributed by atoms with Crippen molar-refractivity contribution in [2.75, 3.05) is 6.61 Å². The first-order chi connectivity index (χ1) is 15.1. The zero-order chi connectivity index (χ0) is 25.7. The summed E-state index contributed by atoms with van der Waals surface area (Å²) in [6.45, 7) is 22.1. The summed E-state index contributed by atoms with van der Waals surface area (Å²) in [5.74, 6) is 1.28. The summed E-state index contributed by atoms with van der Waals surface area (Å²) >= 11 is 18.1. The predicted octanol–water partition coefficient (Wildman–Crippen LogP) is 9.45. The lowest BCUT2D eigenvalue weighted by Gasteiger charge is -2.31. The molecule has 2 aromatic rings. The van der Waals surface area contributed by atoms with Gasteiger partial charge in [0.25, 0.3) is 0 Å². The Morgan fingerprint density at radius 2 is 1.42 bits per heavy atom. The van der Waals surface area contributed by atoms with E-state index in [1.54, 1.807) is 0 Å². The standard InChI is InChI=1S/C25H34Cl3NO2.C2H6/c1-14(2)13-31-22-16(24(3,4)5)11-15(12-17(22)25(6,7)8)9-10-18(30)21-19(26)20(27)23(28)29-21;1-2/h11-12,14,29H,9-10,13H2,1-8H3;1-2H3. The molecular formula is C27H40Cl3NO2. The average molecular weight is 517 g/mol. The first-order valence-corrected chi connectivity index (χ1v) is 12.8. The summed E-state index contributed by atoms with van der Waals surface area (Å²) in [6.07, 6.45) is 0.881. The minimum absolute atomic E-state index is 0.101. The van der Waals surface area contributed by atoms with Gasteiger partial charge in [0, 0.05) is 17.5 Å². The first kappa shape index (κ1) is 29.9. The van der Waals surface area contributed by atoms with Gasteiger partial charge >= 0.3 is 0 Å². The van der Waals surface area contributed by atoms with Gasteiger partial charge in [-0.3, -0.25) is 4.79 Å². The minimum Gasteiger partial charge on any atom is -0.493 e. The number of carbonyl (C=O) groups excluding carboxylic acids is 1. The molecule has 0 amide bonds. The maximum atomic E-state index is 12.8. The number of halogens is 3. The zero-order valence-electron chi connectivity index (χ0n) is 21.8. The molecule has 0 aliphatic rings. The number of aromatic amines is 1. The molecule has 6 heteroatoms. The van der Waals surface area contributed by atoms with Gasteiger partial charge < -0.3 is 9.72 Å². The molecule has 0 aliphatic heterocycles. The topological polar surface area (TPSA) is 42.1 Å². The highest BCUT2D eigenvalue weighted by atomic mass is 35.5. The van der Waals surface area contributed by atoms with Crippen molar-refractivity contribution in [1.29, 1.82) is 0 Å². The average Bonchev–Trinajstić information content (AvgIpc) is 2.97. The van der Waals surface area contributed by atoms with Crippen molar-refractivity contribution in [3.8, 4) is 5.75 Å². The number of aromatic nitrogens is 1. The van der Waals surface area contributed by atoms with E-state index in [9.17, 15) is 4.79 Å². The summed E-state index contributed by atoms with van der Waals surface area (Å²) in [6, 6.07) is 4.35. The maximum Gasteiger partial charge on any atom is 0.180 e. The highest BCUT2D eigenvalue weighted by Gasteiger charge is 2.28. The molecule has 1 heterocycles. The summed E-state index contributed by atoms with van der Waals surface area (Å²) in [5.41, 5.74) is 3.48. The SMILES string of the molecule is CC.CC(C)COc1c(C(C)(C)C)cc(CCC(=O)c2[nH]c(Cl)c(Cl)c2Cl)cc1C(C)(C)C. The summed E-state index contributed by atoms with van der Waals surface area (Å²) in [7, 11) is 0. The Kier molecular flexibility index (Phi) is 10.9. The molecular weight excluding hydrogens is 477 g/mol. The van der Waals surface area contributed by atoms with E-state index in [0.717, 1.165) is 22.4 Å². The van der Waals surface area contributed by atoms with Crippen molar-refractivity contribution in [1.82, 2.24) is 4.98 Å². The Balaban J connectivity index is 0.00000265. The van der Waals surface area contributed by atoms with E-state index in [-0.39, 0.29) is 37.5 Å². The van der Waals surface area contributed by atoms with Crippen LogP contribution in [0.2, 0.25) is 15.2 Å². The molecule has 0 atom stereocenters. The lowest BCUT2D eigenvalue weighted by atomic mass is 9.78. The maximum absolute atomic E-state index is 12.8. The van der Waals surface area contributed by atoms with Crippen LogP contribution >= 0.6 is 34.8 Å². The van der Waals surface area contributed by atoms with Crippen molar-refractivity contribution in [3.05, 3.63) is 49.7 Å². The van der Waals surface area contributed by atoms with Gasteiger partial charge in [-0.25, -0.2) is 0 Å². The predicted molar refractivity (Wildman–Crippen MR) is 144 cm³/mol. The molecule has 33 heavy (non-hydrogen) atoms. The van der Waals surface area contributed by atoms with E-state index in [0.29, 0.717) is 25.4 Å². The molecule has 0 saturated heterocycles. The molecule has 1 N–H and O–H groups in total. The Morgan fingerprint density at radius 3 is 1.79 bits per heavy atom. The zero-order valence-corrected chi connectivity index (χ0v) is 24.1. The number of H-pyrrole nitrogens is 1. The fourth-order valence-electron chi connectivity index (χ4n) is 3.35. The van der Waals surface area contributed by atoms with E-state index in [1.165, 1.54) is 0 Å². The van der Waals surface area contributed by atoms with Crippen molar-refractivity contribution in [2.24, 2.45) is 5.92 Å². The molecule has 186 valence electrons. The fourth-order valence-corrected chi connectivity index (χ4v) is 3.98. The second kappa shape index (κ2) is 12.0. The quantitative estimate of drug-likeness (QED) is 0.372. The van der Waals surface area contributed by atoms with Crippen LogP contribution in [0.25, 0.3) is 0 Å². The lowest BCUT2D eigenvalue weighted by Crippen LogP contribution is -2.21. The van der Waals surface area contributed by atoms with Crippen LogP contribution in [0, 0.1) is 5.92 Å². The van der Waals surface area contributed by atoms with E-state index < -0.39 is 0 Å². The molecule has 2 rings (SSSR count). The summed E-state index contributed by atoms with van der Waals surface area (Å²) in [5, 5.41) is 0.551. The molecule has 1 aromatic heterocycles. The third-order valence-corrected chi connectivity index (χ3v) is 6.32. The molecule has 0 saturated carbocycles. The number of Topliss-reactive ketones (excluding diaryl/α,β-unsaturated/α-hetero) is 1. The molecule has 3 nitrogen and oxygen atoms in total. The van der Waals surface area contributed by atoms with Crippen molar-refractivity contribution >= 4 is 40.6 Å². The van der Waals surface area contributed by atoms with Crippen molar-refractivity contribution in [2.45, 2.75) is 92.9 Å². The minimum atomic E-state index is -0.117. The van der Waals surface area contributed by atoms with Gasteiger partial charge in [-0.1, -0.05) is 116 Å². The van der Waals surface area contributed by atoms with Crippen LogP contribution in [0.15, 0.2) is 12.1 Å². The molecule has 0 bridgehead atoms. The number of hydrogen-bond donors (Lipinski definition) is 1. The second-order valence-corrected chi connectivity index (χ2v) is 11.7. The largest absolute Gasteiger partial charge is 0.493 e. The van der Waals surface area contributed by atoms with Gasteiger partial charge in [0.2, 0.25) is 0 Å². The van der Waals surface area contributed by atoms with Gasteiger partial charge in [-0.2, -0.15) is 0 Å². The van der Waals surface area contributed by atoms with Crippen molar-refractivity contribution in [3.63, 3.8) is 0 Å². The Labute approximate surface area is 215 Å². The lowest BCUT2D eigenvalue weighted by molar-refractivity contribution is 0.0978. The molecule has 0 aliphatic carbocycles. The van der Waals surface area contributed by atoms with Gasteiger partial charge in [0.15, 0.2) is 5.78 Å². The Hall–Kier alpha value is -1.16. The Bertz CT molecular complexity index is 912. The van der Waals surface area contributed by atoms with E-state index >= 15 is 0 Å².